The van der Waals surface area contributed by atoms with E-state index in [2.05, 4.69) is 33.5 Å². The standard InChI is InChI=1S/C18H28N8O.HI/c1-14-10-15(2)26(22-14)7-5-6-20-18(19-3)24-8-9-25(17(27)13-24)16-11-21-23(4)12-16;/h10-12H,5-9,13H2,1-4H3,(H,19,20);1H. The van der Waals surface area contributed by atoms with E-state index in [1.165, 1.54) is 5.69 Å². The van der Waals surface area contributed by atoms with Crippen LogP contribution in [0, 0.1) is 13.8 Å². The van der Waals surface area contributed by atoms with Gasteiger partial charge in [0.15, 0.2) is 5.96 Å². The molecule has 1 N–H and O–H groups in total. The number of aryl methyl sites for hydroxylation is 4. The number of piperazine rings is 1. The Morgan fingerprint density at radius 3 is 2.68 bits per heavy atom. The van der Waals surface area contributed by atoms with Crippen molar-refractivity contribution in [1.29, 1.82) is 0 Å². The maximum absolute atomic E-state index is 12.5. The second-order valence-corrected chi connectivity index (χ2v) is 6.82. The summed E-state index contributed by atoms with van der Waals surface area (Å²) < 4.78 is 3.73. The lowest BCUT2D eigenvalue weighted by Crippen LogP contribution is -2.55. The number of guanidine groups is 1. The Morgan fingerprint density at radius 1 is 1.32 bits per heavy atom. The van der Waals surface area contributed by atoms with Gasteiger partial charge in [0.1, 0.15) is 6.54 Å². The van der Waals surface area contributed by atoms with Crippen LogP contribution in [0.15, 0.2) is 23.5 Å². The van der Waals surface area contributed by atoms with E-state index in [1.807, 2.05) is 29.7 Å². The van der Waals surface area contributed by atoms with Gasteiger partial charge in [-0.05, 0) is 26.3 Å². The zero-order valence-corrected chi connectivity index (χ0v) is 19.3. The summed E-state index contributed by atoms with van der Waals surface area (Å²) in [5.41, 5.74) is 3.06. The lowest BCUT2D eigenvalue weighted by atomic mass is 10.3. The molecule has 0 spiro atoms. The van der Waals surface area contributed by atoms with E-state index in [1.54, 1.807) is 22.8 Å². The van der Waals surface area contributed by atoms with Gasteiger partial charge >= 0.3 is 0 Å². The highest BCUT2D eigenvalue weighted by atomic mass is 127. The number of aliphatic imine (C=N–C) groups is 1. The molecule has 0 atom stereocenters. The molecule has 3 rings (SSSR count). The van der Waals surface area contributed by atoms with Crippen molar-refractivity contribution in [3.8, 4) is 0 Å². The first-order valence-electron chi connectivity index (χ1n) is 9.23. The summed E-state index contributed by atoms with van der Waals surface area (Å²) in [6.45, 7) is 7.38. The summed E-state index contributed by atoms with van der Waals surface area (Å²) in [5, 5.41) is 12.0. The summed E-state index contributed by atoms with van der Waals surface area (Å²) >= 11 is 0. The van der Waals surface area contributed by atoms with Gasteiger partial charge in [-0.15, -0.1) is 24.0 Å². The van der Waals surface area contributed by atoms with Crippen LogP contribution < -0.4 is 10.2 Å². The van der Waals surface area contributed by atoms with Crippen LogP contribution in [0.25, 0.3) is 0 Å². The molecular formula is C18H29IN8O. The van der Waals surface area contributed by atoms with Crippen LogP contribution in [-0.2, 0) is 18.4 Å². The van der Waals surface area contributed by atoms with Crippen molar-refractivity contribution >= 4 is 41.5 Å². The van der Waals surface area contributed by atoms with Gasteiger partial charge in [-0.1, -0.05) is 0 Å². The summed E-state index contributed by atoms with van der Waals surface area (Å²) in [6.07, 6.45) is 4.52. The average Bonchev–Trinajstić information content (AvgIpc) is 3.20. The third kappa shape index (κ3) is 5.24. The Labute approximate surface area is 182 Å². The minimum Gasteiger partial charge on any atom is -0.356 e. The molecule has 0 aromatic carbocycles. The minimum atomic E-state index is 0. The van der Waals surface area contributed by atoms with Gasteiger partial charge in [0.2, 0.25) is 5.91 Å². The number of amides is 1. The topological polar surface area (TPSA) is 83.6 Å². The van der Waals surface area contributed by atoms with Gasteiger partial charge < -0.3 is 15.1 Å². The quantitative estimate of drug-likeness (QED) is 0.289. The van der Waals surface area contributed by atoms with E-state index in [0.717, 1.165) is 43.4 Å². The molecule has 0 radical (unpaired) electrons. The van der Waals surface area contributed by atoms with E-state index in [4.69, 9.17) is 0 Å². The van der Waals surface area contributed by atoms with E-state index < -0.39 is 0 Å². The molecule has 154 valence electrons. The molecule has 0 unspecified atom stereocenters. The number of nitrogens with one attached hydrogen (secondary N) is 1. The highest BCUT2D eigenvalue weighted by Gasteiger charge is 2.27. The van der Waals surface area contributed by atoms with Gasteiger partial charge in [-0.25, -0.2) is 0 Å². The predicted octanol–water partition coefficient (Wildman–Crippen LogP) is 1.17. The first kappa shape index (κ1) is 22.2. The normalized spacial score (nSPS) is 15.0. The summed E-state index contributed by atoms with van der Waals surface area (Å²) in [7, 11) is 3.60. The van der Waals surface area contributed by atoms with Gasteiger partial charge in [0.05, 0.1) is 17.6 Å². The zero-order chi connectivity index (χ0) is 19.4. The van der Waals surface area contributed by atoms with Gasteiger partial charge in [-0.3, -0.25) is 19.2 Å². The van der Waals surface area contributed by atoms with Gasteiger partial charge in [0.25, 0.3) is 0 Å². The van der Waals surface area contributed by atoms with Crippen LogP contribution in [0.5, 0.6) is 0 Å². The molecule has 9 nitrogen and oxygen atoms in total. The van der Waals surface area contributed by atoms with Crippen LogP contribution in [0.1, 0.15) is 17.8 Å². The van der Waals surface area contributed by atoms with Crippen molar-refractivity contribution in [2.24, 2.45) is 12.0 Å². The molecule has 2 aromatic heterocycles. The molecule has 28 heavy (non-hydrogen) atoms. The third-order valence-corrected chi connectivity index (χ3v) is 4.67. The Hall–Kier alpha value is -2.11. The number of anilines is 1. The molecule has 1 aliphatic rings. The second-order valence-electron chi connectivity index (χ2n) is 6.82. The molecular weight excluding hydrogens is 471 g/mol. The van der Waals surface area contributed by atoms with Crippen LogP contribution in [0.4, 0.5) is 5.69 Å². The molecule has 0 bridgehead atoms. The van der Waals surface area contributed by atoms with Crippen molar-refractivity contribution in [3.05, 3.63) is 29.8 Å². The minimum absolute atomic E-state index is 0. The Bertz CT molecular complexity index is 827. The predicted molar refractivity (Wildman–Crippen MR) is 120 cm³/mol. The highest BCUT2D eigenvalue weighted by Crippen LogP contribution is 2.16. The van der Waals surface area contributed by atoms with E-state index >= 15 is 0 Å². The van der Waals surface area contributed by atoms with E-state index in [0.29, 0.717) is 13.1 Å². The first-order chi connectivity index (χ1) is 13.0. The summed E-state index contributed by atoms with van der Waals surface area (Å²) in [5.74, 6) is 0.822. The molecule has 0 saturated carbocycles. The monoisotopic (exact) mass is 500 g/mol. The Balaban J connectivity index is 0.00000280. The van der Waals surface area contributed by atoms with Crippen LogP contribution in [0.3, 0.4) is 0 Å². The fourth-order valence-corrected chi connectivity index (χ4v) is 3.34. The zero-order valence-electron chi connectivity index (χ0n) is 16.9. The van der Waals surface area contributed by atoms with Crippen molar-refractivity contribution in [2.45, 2.75) is 26.8 Å². The fourth-order valence-electron chi connectivity index (χ4n) is 3.34. The van der Waals surface area contributed by atoms with Crippen molar-refractivity contribution in [2.75, 3.05) is 38.1 Å². The molecule has 10 heteroatoms. The molecule has 0 aliphatic carbocycles. The SMILES string of the molecule is CN=C(NCCCn1nc(C)cc1C)N1CCN(c2cnn(C)c2)C(=O)C1.I. The number of carbonyl (C=O) groups is 1. The molecule has 1 saturated heterocycles. The molecule has 1 fully saturated rings. The third-order valence-electron chi connectivity index (χ3n) is 4.67. The molecule has 1 aliphatic heterocycles. The number of aromatic nitrogens is 4. The van der Waals surface area contributed by atoms with Crippen molar-refractivity contribution in [3.63, 3.8) is 0 Å². The number of carbonyl (C=O) groups excluding carboxylic acids is 1. The molecule has 2 aromatic rings. The number of halogens is 1. The smallest absolute Gasteiger partial charge is 0.246 e. The number of rotatable bonds is 5. The lowest BCUT2D eigenvalue weighted by Gasteiger charge is -2.35. The van der Waals surface area contributed by atoms with E-state index in [-0.39, 0.29) is 29.9 Å². The molecule has 1 amide bonds. The summed E-state index contributed by atoms with van der Waals surface area (Å²) in [6, 6.07) is 2.08. The van der Waals surface area contributed by atoms with E-state index in [9.17, 15) is 4.79 Å². The highest BCUT2D eigenvalue weighted by molar-refractivity contribution is 14.0. The van der Waals surface area contributed by atoms with Crippen LogP contribution in [-0.4, -0.2) is 69.6 Å². The second kappa shape index (κ2) is 9.89. The number of hydrogen-bond donors (Lipinski definition) is 1. The maximum atomic E-state index is 12.5. The fraction of sp³-hybridized carbons (Fsp3) is 0.556. The number of hydrogen-bond acceptors (Lipinski definition) is 4. The van der Waals surface area contributed by atoms with Crippen LogP contribution in [0.2, 0.25) is 0 Å². The largest absolute Gasteiger partial charge is 0.356 e. The Morgan fingerprint density at radius 2 is 2.11 bits per heavy atom. The van der Waals surface area contributed by atoms with Gasteiger partial charge in [0, 0.05) is 52.2 Å². The van der Waals surface area contributed by atoms with Crippen molar-refractivity contribution < 1.29 is 4.79 Å². The van der Waals surface area contributed by atoms with Crippen molar-refractivity contribution in [1.82, 2.24) is 29.8 Å². The van der Waals surface area contributed by atoms with Crippen LogP contribution >= 0.6 is 24.0 Å². The average molecular weight is 500 g/mol. The number of nitrogens with zero attached hydrogens (tertiary/aromatic N) is 7. The molecule has 3 heterocycles. The van der Waals surface area contributed by atoms with Gasteiger partial charge in [-0.2, -0.15) is 10.2 Å². The first-order valence-corrected chi connectivity index (χ1v) is 9.23. The lowest BCUT2D eigenvalue weighted by molar-refractivity contribution is -0.120. The Kier molecular flexibility index (Phi) is 7.84. The summed E-state index contributed by atoms with van der Waals surface area (Å²) in [4.78, 5) is 20.7. The maximum Gasteiger partial charge on any atom is 0.246 e.